The van der Waals surface area contributed by atoms with Crippen LogP contribution in [0.5, 0.6) is 0 Å². The van der Waals surface area contributed by atoms with E-state index in [1.165, 1.54) is 32.1 Å². The summed E-state index contributed by atoms with van der Waals surface area (Å²) in [7, 11) is 2.09. The van der Waals surface area contributed by atoms with Crippen molar-refractivity contribution in [1.29, 1.82) is 0 Å². The van der Waals surface area contributed by atoms with Crippen molar-refractivity contribution in [2.24, 2.45) is 11.3 Å². The number of rotatable bonds is 2. The lowest BCUT2D eigenvalue weighted by molar-refractivity contribution is -0.0483. The molecule has 0 aromatic rings. The van der Waals surface area contributed by atoms with Crippen LogP contribution in [0.25, 0.3) is 0 Å². The summed E-state index contributed by atoms with van der Waals surface area (Å²) in [6.07, 6.45) is 7.38. The van der Waals surface area contributed by atoms with Crippen LogP contribution in [0.1, 0.15) is 39.0 Å². The van der Waals surface area contributed by atoms with Crippen molar-refractivity contribution in [3.8, 4) is 0 Å². The molecule has 1 spiro atoms. The molecule has 2 aliphatic carbocycles. The van der Waals surface area contributed by atoms with E-state index in [1.54, 1.807) is 0 Å². The maximum atomic E-state index is 3.36. The van der Waals surface area contributed by atoms with Crippen LogP contribution in [0.3, 0.4) is 0 Å². The molecule has 1 nitrogen and oxygen atoms in total. The van der Waals surface area contributed by atoms with Crippen molar-refractivity contribution >= 4 is 0 Å². The summed E-state index contributed by atoms with van der Waals surface area (Å²) in [5.74, 6) is 1.08. The van der Waals surface area contributed by atoms with Gasteiger partial charge in [0.1, 0.15) is 0 Å². The van der Waals surface area contributed by atoms with Gasteiger partial charge in [0, 0.05) is 6.04 Å². The van der Waals surface area contributed by atoms with E-state index in [1.807, 2.05) is 0 Å². The number of nitrogens with one attached hydrogen (secondary N) is 1. The van der Waals surface area contributed by atoms with Crippen molar-refractivity contribution in [3.63, 3.8) is 0 Å². The molecule has 0 bridgehead atoms. The van der Waals surface area contributed by atoms with Gasteiger partial charge in [-0.25, -0.2) is 0 Å². The first kappa shape index (κ1) is 7.60. The highest BCUT2D eigenvalue weighted by molar-refractivity contribution is 5.04. The van der Waals surface area contributed by atoms with Gasteiger partial charge in [-0.15, -0.1) is 0 Å². The molecule has 1 N–H and O–H groups in total. The van der Waals surface area contributed by atoms with Gasteiger partial charge in [-0.2, -0.15) is 0 Å². The Bertz CT molecular complexity index is 119. The van der Waals surface area contributed by atoms with E-state index in [0.29, 0.717) is 0 Å². The summed E-state index contributed by atoms with van der Waals surface area (Å²) in [6.45, 7) is 2.33. The highest BCUT2D eigenvalue weighted by atomic mass is 14.9. The molecule has 0 radical (unpaired) electrons. The molecule has 0 saturated heterocycles. The first-order valence-electron chi connectivity index (χ1n) is 4.95. The second-order valence-corrected chi connectivity index (χ2v) is 4.58. The first-order chi connectivity index (χ1) is 5.28. The van der Waals surface area contributed by atoms with Gasteiger partial charge in [-0.1, -0.05) is 13.3 Å². The third kappa shape index (κ3) is 1.10. The summed E-state index contributed by atoms with van der Waals surface area (Å²) in [5.41, 5.74) is 0.828. The molecular weight excluding hydrogens is 134 g/mol. The topological polar surface area (TPSA) is 12.0 Å². The molecule has 64 valence electrons. The highest BCUT2D eigenvalue weighted by Gasteiger charge is 2.51. The Balaban J connectivity index is 1.75. The van der Waals surface area contributed by atoms with Gasteiger partial charge in [-0.3, -0.25) is 0 Å². The summed E-state index contributed by atoms with van der Waals surface area (Å²) in [6, 6.07) is 0.854. The largest absolute Gasteiger partial charge is 0.317 e. The van der Waals surface area contributed by atoms with Crippen LogP contribution in [-0.4, -0.2) is 13.1 Å². The SMILES string of the molecule is CCC1CC2(C1)CC(NC)C2. The zero-order chi connectivity index (χ0) is 7.90. The van der Waals surface area contributed by atoms with Crippen molar-refractivity contribution < 1.29 is 0 Å². The Labute approximate surface area is 69.6 Å². The third-order valence-electron chi connectivity index (χ3n) is 3.79. The predicted octanol–water partition coefficient (Wildman–Crippen LogP) is 2.17. The second-order valence-electron chi connectivity index (χ2n) is 4.58. The molecule has 11 heavy (non-hydrogen) atoms. The molecule has 0 amide bonds. The minimum Gasteiger partial charge on any atom is -0.317 e. The Morgan fingerprint density at radius 2 is 1.91 bits per heavy atom. The Morgan fingerprint density at radius 1 is 1.27 bits per heavy atom. The Kier molecular flexibility index (Phi) is 1.71. The number of hydrogen-bond donors (Lipinski definition) is 1. The molecular formula is C10H19N. The summed E-state index contributed by atoms with van der Waals surface area (Å²) in [5, 5.41) is 3.36. The fourth-order valence-electron chi connectivity index (χ4n) is 2.98. The zero-order valence-electron chi connectivity index (χ0n) is 7.69. The van der Waals surface area contributed by atoms with Crippen LogP contribution in [0, 0.1) is 11.3 Å². The molecule has 2 saturated carbocycles. The van der Waals surface area contributed by atoms with Crippen LogP contribution in [0.4, 0.5) is 0 Å². The maximum Gasteiger partial charge on any atom is 0.00746 e. The van der Waals surface area contributed by atoms with Crippen molar-refractivity contribution in [2.45, 2.75) is 45.1 Å². The second kappa shape index (κ2) is 2.48. The third-order valence-corrected chi connectivity index (χ3v) is 3.79. The molecule has 0 aliphatic heterocycles. The van der Waals surface area contributed by atoms with Crippen LogP contribution >= 0.6 is 0 Å². The van der Waals surface area contributed by atoms with Gasteiger partial charge in [0.2, 0.25) is 0 Å². The smallest absolute Gasteiger partial charge is 0.00746 e. The molecule has 0 aromatic heterocycles. The quantitative estimate of drug-likeness (QED) is 0.641. The summed E-state index contributed by atoms with van der Waals surface area (Å²) in [4.78, 5) is 0. The normalized spacial score (nSPS) is 48.5. The van der Waals surface area contributed by atoms with Crippen LogP contribution in [0.15, 0.2) is 0 Å². The molecule has 2 aliphatic rings. The van der Waals surface area contributed by atoms with E-state index in [0.717, 1.165) is 17.4 Å². The lowest BCUT2D eigenvalue weighted by atomic mass is 9.49. The monoisotopic (exact) mass is 153 g/mol. The zero-order valence-corrected chi connectivity index (χ0v) is 7.69. The number of hydrogen-bond acceptors (Lipinski definition) is 1. The van der Waals surface area contributed by atoms with Crippen LogP contribution in [-0.2, 0) is 0 Å². The van der Waals surface area contributed by atoms with E-state index < -0.39 is 0 Å². The average molecular weight is 153 g/mol. The summed E-state index contributed by atoms with van der Waals surface area (Å²) < 4.78 is 0. The van der Waals surface area contributed by atoms with Crippen molar-refractivity contribution in [2.75, 3.05) is 7.05 Å². The minimum atomic E-state index is 0.828. The van der Waals surface area contributed by atoms with E-state index >= 15 is 0 Å². The standard InChI is InChI=1S/C10H19N/c1-3-8-4-10(5-8)6-9(7-10)11-2/h8-9,11H,3-7H2,1-2H3. The molecule has 2 fully saturated rings. The van der Waals surface area contributed by atoms with Crippen LogP contribution < -0.4 is 5.32 Å². The fourth-order valence-corrected chi connectivity index (χ4v) is 2.98. The molecule has 0 aromatic carbocycles. The van der Waals surface area contributed by atoms with E-state index in [4.69, 9.17) is 0 Å². The lowest BCUT2D eigenvalue weighted by Gasteiger charge is -2.58. The van der Waals surface area contributed by atoms with Gasteiger partial charge in [-0.05, 0) is 44.1 Å². The van der Waals surface area contributed by atoms with Crippen molar-refractivity contribution in [1.82, 2.24) is 5.32 Å². The van der Waals surface area contributed by atoms with Crippen molar-refractivity contribution in [3.05, 3.63) is 0 Å². The minimum absolute atomic E-state index is 0.828. The average Bonchev–Trinajstić information content (AvgIpc) is 1.83. The van der Waals surface area contributed by atoms with Gasteiger partial charge in [0.05, 0.1) is 0 Å². The van der Waals surface area contributed by atoms with E-state index in [9.17, 15) is 0 Å². The van der Waals surface area contributed by atoms with Gasteiger partial charge in [0.25, 0.3) is 0 Å². The molecule has 0 heterocycles. The predicted molar refractivity (Wildman–Crippen MR) is 47.5 cm³/mol. The molecule has 0 atom stereocenters. The van der Waals surface area contributed by atoms with Crippen LogP contribution in [0.2, 0.25) is 0 Å². The van der Waals surface area contributed by atoms with Gasteiger partial charge in [0.15, 0.2) is 0 Å². The highest BCUT2D eigenvalue weighted by Crippen LogP contribution is 2.59. The van der Waals surface area contributed by atoms with E-state index in [2.05, 4.69) is 19.3 Å². The lowest BCUT2D eigenvalue weighted by Crippen LogP contribution is -2.54. The summed E-state index contributed by atoms with van der Waals surface area (Å²) >= 11 is 0. The Morgan fingerprint density at radius 3 is 2.36 bits per heavy atom. The van der Waals surface area contributed by atoms with E-state index in [-0.39, 0.29) is 0 Å². The van der Waals surface area contributed by atoms with Gasteiger partial charge >= 0.3 is 0 Å². The molecule has 2 rings (SSSR count). The maximum absolute atomic E-state index is 3.36. The molecule has 0 unspecified atom stereocenters. The fraction of sp³-hybridized carbons (Fsp3) is 1.00. The van der Waals surface area contributed by atoms with Gasteiger partial charge < -0.3 is 5.32 Å². The first-order valence-corrected chi connectivity index (χ1v) is 4.95. The Hall–Kier alpha value is -0.0400. The molecule has 1 heteroatoms.